The molecule has 0 radical (unpaired) electrons. The first-order valence-corrected chi connectivity index (χ1v) is 16.2. The molecule has 47 heavy (non-hydrogen) atoms. The zero-order chi connectivity index (χ0) is 34.6. The number of aromatic nitrogens is 2. The lowest BCUT2D eigenvalue weighted by atomic mass is 9.94. The quantitative estimate of drug-likeness (QED) is 0.169. The van der Waals surface area contributed by atoms with Gasteiger partial charge in [0.15, 0.2) is 5.82 Å². The number of nitrogen functional groups attached to an aromatic ring is 1. The van der Waals surface area contributed by atoms with Crippen molar-refractivity contribution in [3.8, 4) is 17.3 Å². The number of amides is 1. The number of carbonyl (C=O) groups excluding carboxylic acids is 1. The molecule has 246 valence electrons. The second-order valence-electron chi connectivity index (χ2n) is 12.4. The second-order valence-corrected chi connectivity index (χ2v) is 13.5. The molecule has 0 spiro atoms. The SMILES string of the molecule is C=CC(=O)N1[C@H](C)CN(c2c(C#N)c(=O)n(C3=C(C)C=CN[C@@H]3C(C)C)c3nc(-c4c(C)c(Cl)c(F)c(Cl)c4N)c(Cl)cc23)C[C@@H]1C. The largest absolute Gasteiger partial charge is 0.397 e. The van der Waals surface area contributed by atoms with Crippen LogP contribution in [0.15, 0.2) is 41.4 Å². The predicted octanol–water partition coefficient (Wildman–Crippen LogP) is 6.91. The molecule has 1 aromatic carbocycles. The Balaban J connectivity index is 1.92. The summed E-state index contributed by atoms with van der Waals surface area (Å²) in [5, 5.41) is 13.9. The molecule has 1 fully saturated rings. The first-order valence-electron chi connectivity index (χ1n) is 15.1. The normalized spacial score (nSPS) is 19.7. The number of rotatable bonds is 5. The lowest BCUT2D eigenvalue weighted by Crippen LogP contribution is -2.58. The van der Waals surface area contributed by atoms with E-state index in [1.54, 1.807) is 17.9 Å². The number of nitrogens with one attached hydrogen (secondary N) is 1. The maximum absolute atomic E-state index is 14.8. The lowest BCUT2D eigenvalue weighted by Gasteiger charge is -2.45. The van der Waals surface area contributed by atoms with Crippen LogP contribution >= 0.6 is 34.8 Å². The van der Waals surface area contributed by atoms with E-state index in [-0.39, 0.29) is 78.7 Å². The summed E-state index contributed by atoms with van der Waals surface area (Å²) >= 11 is 19.6. The summed E-state index contributed by atoms with van der Waals surface area (Å²) in [5.74, 6) is -1.03. The van der Waals surface area contributed by atoms with E-state index in [4.69, 9.17) is 45.5 Å². The van der Waals surface area contributed by atoms with E-state index in [2.05, 4.69) is 18.0 Å². The zero-order valence-electron chi connectivity index (χ0n) is 26.9. The first kappa shape index (κ1) is 34.3. The van der Waals surface area contributed by atoms with Gasteiger partial charge in [-0.2, -0.15) is 5.26 Å². The van der Waals surface area contributed by atoms with E-state index >= 15 is 0 Å². The molecule has 2 aliphatic rings. The summed E-state index contributed by atoms with van der Waals surface area (Å²) in [6.45, 7) is 15.6. The number of halogens is 4. The van der Waals surface area contributed by atoms with Crippen molar-refractivity contribution in [3.05, 3.63) is 78.9 Å². The van der Waals surface area contributed by atoms with Crippen LogP contribution in [0.2, 0.25) is 15.1 Å². The average molecular weight is 699 g/mol. The van der Waals surface area contributed by atoms with E-state index < -0.39 is 11.4 Å². The lowest BCUT2D eigenvalue weighted by molar-refractivity contribution is -0.130. The molecule has 0 unspecified atom stereocenters. The predicted molar refractivity (Wildman–Crippen MR) is 188 cm³/mol. The molecular weight excluding hydrogens is 664 g/mol. The van der Waals surface area contributed by atoms with E-state index in [0.717, 1.165) is 5.57 Å². The Morgan fingerprint density at radius 3 is 2.43 bits per heavy atom. The van der Waals surface area contributed by atoms with Gasteiger partial charge in [0.05, 0.1) is 38.9 Å². The number of nitrogens with zero attached hydrogens (tertiary/aromatic N) is 5. The minimum atomic E-state index is -0.861. The van der Waals surface area contributed by atoms with Crippen molar-refractivity contribution < 1.29 is 9.18 Å². The van der Waals surface area contributed by atoms with Gasteiger partial charge in [0.1, 0.15) is 22.3 Å². The highest BCUT2D eigenvalue weighted by atomic mass is 35.5. The molecule has 2 aromatic heterocycles. The third-order valence-electron chi connectivity index (χ3n) is 8.90. The molecule has 0 aliphatic carbocycles. The minimum absolute atomic E-state index is 0.0357. The molecule has 0 bridgehead atoms. The topological polar surface area (TPSA) is 120 Å². The van der Waals surface area contributed by atoms with Crippen molar-refractivity contribution in [1.29, 1.82) is 5.26 Å². The first-order chi connectivity index (χ1) is 22.2. The van der Waals surface area contributed by atoms with Crippen LogP contribution in [0, 0.1) is 30.0 Å². The Hall–Kier alpha value is -4.04. The maximum atomic E-state index is 14.8. The summed E-state index contributed by atoms with van der Waals surface area (Å²) < 4.78 is 16.3. The number of hydrogen-bond donors (Lipinski definition) is 2. The Morgan fingerprint density at radius 2 is 1.85 bits per heavy atom. The Kier molecular flexibility index (Phi) is 9.39. The van der Waals surface area contributed by atoms with Crippen LogP contribution < -0.4 is 21.5 Å². The summed E-state index contributed by atoms with van der Waals surface area (Å²) in [5.41, 5.74) is 8.19. The van der Waals surface area contributed by atoms with E-state index in [0.29, 0.717) is 29.9 Å². The fraction of sp³-hybridized carbons (Fsp3) is 0.353. The van der Waals surface area contributed by atoms with Gasteiger partial charge >= 0.3 is 0 Å². The Morgan fingerprint density at radius 1 is 1.21 bits per heavy atom. The van der Waals surface area contributed by atoms with Gasteiger partial charge in [-0.25, -0.2) is 9.37 Å². The fourth-order valence-electron chi connectivity index (χ4n) is 6.76. The summed E-state index contributed by atoms with van der Waals surface area (Å²) in [7, 11) is 0. The molecule has 1 amide bonds. The summed E-state index contributed by atoms with van der Waals surface area (Å²) in [6, 6.07) is 2.95. The molecule has 3 atom stereocenters. The van der Waals surface area contributed by atoms with E-state index in [1.165, 1.54) is 10.6 Å². The molecule has 2 aliphatic heterocycles. The fourth-order valence-corrected chi connectivity index (χ4v) is 7.43. The minimum Gasteiger partial charge on any atom is -0.397 e. The maximum Gasteiger partial charge on any atom is 0.276 e. The molecule has 13 heteroatoms. The van der Waals surface area contributed by atoms with Crippen LogP contribution in [0.3, 0.4) is 0 Å². The monoisotopic (exact) mass is 697 g/mol. The van der Waals surface area contributed by atoms with Crippen molar-refractivity contribution in [2.24, 2.45) is 5.92 Å². The molecule has 5 rings (SSSR count). The number of nitrogens with two attached hydrogens (primary N) is 1. The van der Waals surface area contributed by atoms with Crippen LogP contribution in [-0.4, -0.2) is 51.6 Å². The number of dihydropyridines is 1. The standard InChI is InChI=1S/C34H35Cl3FN7O2/c1-8-23(46)44-17(5)13-43(14-18(44)6)32-20-11-22(35)30(24-19(7)25(36)27(38)26(37)28(24)40)42-33(20)45(34(47)21(32)12-39)31-16(4)9-10-41-29(31)15(2)3/h8-11,15,17-18,29,41H,1,13-14,40H2,2-7H3/t17-,18+,29-/m1/s1. The third-order valence-corrected chi connectivity index (χ3v) is 10.0. The van der Waals surface area contributed by atoms with Crippen LogP contribution in [0.4, 0.5) is 15.8 Å². The number of benzene rings is 1. The number of carbonyl (C=O) groups is 1. The number of piperazine rings is 1. The highest BCUT2D eigenvalue weighted by molar-refractivity contribution is 6.39. The van der Waals surface area contributed by atoms with Crippen molar-refractivity contribution >= 4 is 68.8 Å². The molecule has 3 N–H and O–H groups in total. The number of hydrogen-bond acceptors (Lipinski definition) is 7. The molecular formula is C34H35Cl3FN7O2. The van der Waals surface area contributed by atoms with Gasteiger partial charge in [0.25, 0.3) is 5.56 Å². The van der Waals surface area contributed by atoms with Crippen molar-refractivity contribution in [2.45, 2.75) is 59.7 Å². The van der Waals surface area contributed by atoms with Gasteiger partial charge in [-0.1, -0.05) is 55.2 Å². The number of allylic oxidation sites excluding steroid dienone is 2. The van der Waals surface area contributed by atoms with E-state index in [9.17, 15) is 19.2 Å². The smallest absolute Gasteiger partial charge is 0.276 e. The number of pyridine rings is 2. The summed E-state index contributed by atoms with van der Waals surface area (Å²) in [6.07, 6.45) is 4.95. The van der Waals surface area contributed by atoms with Crippen LogP contribution in [-0.2, 0) is 4.79 Å². The van der Waals surface area contributed by atoms with E-state index in [1.807, 2.05) is 51.8 Å². The van der Waals surface area contributed by atoms with Gasteiger partial charge in [-0.3, -0.25) is 14.2 Å². The van der Waals surface area contributed by atoms with Crippen LogP contribution in [0.1, 0.15) is 45.7 Å². The number of fused-ring (bicyclic) bond motifs is 1. The van der Waals surface area contributed by atoms with Crippen molar-refractivity contribution in [2.75, 3.05) is 23.7 Å². The highest BCUT2D eigenvalue weighted by Gasteiger charge is 2.36. The molecule has 1 saturated heterocycles. The van der Waals surface area contributed by atoms with Crippen molar-refractivity contribution in [3.63, 3.8) is 0 Å². The van der Waals surface area contributed by atoms with Gasteiger partial charge in [-0.15, -0.1) is 0 Å². The van der Waals surface area contributed by atoms with Crippen molar-refractivity contribution in [1.82, 2.24) is 19.8 Å². The van der Waals surface area contributed by atoms with Crippen LogP contribution in [0.25, 0.3) is 28.0 Å². The Labute approximate surface area is 287 Å². The highest BCUT2D eigenvalue weighted by Crippen LogP contribution is 2.45. The molecule has 9 nitrogen and oxygen atoms in total. The Bertz CT molecular complexity index is 1970. The van der Waals surface area contributed by atoms with Gasteiger partial charge in [0.2, 0.25) is 5.91 Å². The molecule has 3 aromatic rings. The third kappa shape index (κ3) is 5.54. The van der Waals surface area contributed by atoms with Gasteiger partial charge in [-0.05, 0) is 69.2 Å². The number of nitriles is 1. The number of anilines is 2. The van der Waals surface area contributed by atoms with Gasteiger partial charge in [0, 0.05) is 36.1 Å². The zero-order valence-corrected chi connectivity index (χ0v) is 29.1. The van der Waals surface area contributed by atoms with Crippen LogP contribution in [0.5, 0.6) is 0 Å². The molecule has 4 heterocycles. The summed E-state index contributed by atoms with van der Waals surface area (Å²) in [4.78, 5) is 36.0. The molecule has 0 saturated carbocycles. The second kappa shape index (κ2) is 12.9. The average Bonchev–Trinajstić information content (AvgIpc) is 3.02. The van der Waals surface area contributed by atoms with Gasteiger partial charge < -0.3 is 20.9 Å².